The number of benzene rings is 1. The van der Waals surface area contributed by atoms with E-state index in [1.165, 1.54) is 0 Å². The molecule has 0 radical (unpaired) electrons. The number of aromatic nitrogens is 3. The van der Waals surface area contributed by atoms with Crippen LogP contribution in [0.2, 0.25) is 0 Å². The van der Waals surface area contributed by atoms with Crippen LogP contribution in [0.15, 0.2) is 30.3 Å². The van der Waals surface area contributed by atoms with Crippen molar-refractivity contribution in [2.45, 2.75) is 39.9 Å². The number of hydrogen-bond donors (Lipinski definition) is 1. The van der Waals surface area contributed by atoms with Crippen molar-refractivity contribution in [3.8, 4) is 0 Å². The lowest BCUT2D eigenvalue weighted by molar-refractivity contribution is -0.129. The zero-order valence-corrected chi connectivity index (χ0v) is 22.2. The molecule has 0 atom stereocenters. The molecule has 194 valence electrons. The third kappa shape index (κ3) is 4.75. The minimum atomic E-state index is -0.0715. The summed E-state index contributed by atoms with van der Waals surface area (Å²) in [7, 11) is 3.99. The fourth-order valence-electron chi connectivity index (χ4n) is 4.94. The van der Waals surface area contributed by atoms with E-state index in [9.17, 15) is 9.59 Å². The summed E-state index contributed by atoms with van der Waals surface area (Å²) in [5.74, 6) is 2.08. The van der Waals surface area contributed by atoms with Crippen LogP contribution in [0.3, 0.4) is 0 Å². The number of amides is 2. The average Bonchev–Trinajstić information content (AvgIpc) is 3.23. The van der Waals surface area contributed by atoms with E-state index in [2.05, 4.69) is 28.4 Å². The summed E-state index contributed by atoms with van der Waals surface area (Å²) in [6.45, 7) is 9.00. The summed E-state index contributed by atoms with van der Waals surface area (Å²) in [6.07, 6.45) is 0. The molecule has 10 nitrogen and oxygen atoms in total. The van der Waals surface area contributed by atoms with Gasteiger partial charge in [0.2, 0.25) is 11.9 Å². The van der Waals surface area contributed by atoms with Gasteiger partial charge >= 0.3 is 0 Å². The number of hydrogen-bond acceptors (Lipinski definition) is 8. The van der Waals surface area contributed by atoms with Crippen LogP contribution in [-0.2, 0) is 17.9 Å². The summed E-state index contributed by atoms with van der Waals surface area (Å²) in [4.78, 5) is 47.2. The Morgan fingerprint density at radius 3 is 2.49 bits per heavy atom. The molecule has 5 rings (SSSR count). The van der Waals surface area contributed by atoms with Crippen molar-refractivity contribution < 1.29 is 9.59 Å². The first-order valence-electron chi connectivity index (χ1n) is 12.7. The maximum Gasteiger partial charge on any atom is 0.273 e. The second-order valence-electron chi connectivity index (χ2n) is 10.1. The monoisotopic (exact) mass is 502 g/mol. The molecular formula is C27H34N8O2. The van der Waals surface area contributed by atoms with Gasteiger partial charge in [-0.3, -0.25) is 9.59 Å². The van der Waals surface area contributed by atoms with Gasteiger partial charge in [0, 0.05) is 64.2 Å². The summed E-state index contributed by atoms with van der Waals surface area (Å²) in [6, 6.07) is 10.4. The highest BCUT2D eigenvalue weighted by atomic mass is 16.2. The highest BCUT2D eigenvalue weighted by molar-refractivity contribution is 5.98. The summed E-state index contributed by atoms with van der Waals surface area (Å²) in [5.41, 5.74) is 2.16. The standard InChI is InChI=1S/C27H34N8O2/c1-17(2)35-16-22-23(26(35)37)30-27(34-12-10-33(11-13-34)18(3)36)31-24(22)28-15-20-14-19-8-6-7-9-21(19)25(29-20)32(4)5/h6-9,14,17H,10-13,15-16H2,1-5H3,(H,28,30,31). The molecule has 2 aromatic heterocycles. The zero-order chi connectivity index (χ0) is 26.3. The quantitative estimate of drug-likeness (QED) is 0.550. The van der Waals surface area contributed by atoms with Crippen LogP contribution in [0.1, 0.15) is 42.5 Å². The molecule has 1 aromatic carbocycles. The lowest BCUT2D eigenvalue weighted by atomic mass is 10.1. The van der Waals surface area contributed by atoms with Crippen LogP contribution in [0, 0.1) is 0 Å². The first-order valence-corrected chi connectivity index (χ1v) is 12.7. The molecule has 0 spiro atoms. The molecule has 0 bridgehead atoms. The SMILES string of the molecule is CC(=O)N1CCN(c2nc(NCc3cc4ccccc4c(N(C)C)n3)c3c(n2)C(=O)N(C(C)C)C3)CC1. The van der Waals surface area contributed by atoms with Crippen molar-refractivity contribution in [2.75, 3.05) is 55.4 Å². The number of nitrogens with one attached hydrogen (secondary N) is 1. The van der Waals surface area contributed by atoms with Gasteiger partial charge in [-0.05, 0) is 25.3 Å². The molecule has 4 heterocycles. The molecule has 0 saturated carbocycles. The number of rotatable bonds is 6. The van der Waals surface area contributed by atoms with Crippen molar-refractivity contribution >= 4 is 40.2 Å². The Hall–Kier alpha value is -3.95. The highest BCUT2D eigenvalue weighted by Crippen LogP contribution is 2.31. The Balaban J connectivity index is 1.47. The van der Waals surface area contributed by atoms with E-state index in [-0.39, 0.29) is 17.9 Å². The molecule has 2 aliphatic rings. The zero-order valence-electron chi connectivity index (χ0n) is 22.2. The minimum absolute atomic E-state index is 0.0573. The summed E-state index contributed by atoms with van der Waals surface area (Å²) in [5, 5.41) is 5.70. The first-order chi connectivity index (χ1) is 17.7. The van der Waals surface area contributed by atoms with Gasteiger partial charge in [-0.15, -0.1) is 0 Å². The Morgan fingerprint density at radius 1 is 1.08 bits per heavy atom. The molecule has 10 heteroatoms. The largest absolute Gasteiger partial charge is 0.364 e. The second-order valence-corrected chi connectivity index (χ2v) is 10.1. The van der Waals surface area contributed by atoms with Crippen LogP contribution in [0.5, 0.6) is 0 Å². The molecule has 1 fully saturated rings. The second kappa shape index (κ2) is 9.84. The van der Waals surface area contributed by atoms with Crippen LogP contribution in [0.25, 0.3) is 10.8 Å². The van der Waals surface area contributed by atoms with Gasteiger partial charge in [0.1, 0.15) is 17.3 Å². The fourth-order valence-corrected chi connectivity index (χ4v) is 4.94. The van der Waals surface area contributed by atoms with E-state index in [1.807, 2.05) is 54.8 Å². The van der Waals surface area contributed by atoms with Crippen LogP contribution in [0.4, 0.5) is 17.6 Å². The van der Waals surface area contributed by atoms with Gasteiger partial charge in [-0.1, -0.05) is 24.3 Å². The van der Waals surface area contributed by atoms with Gasteiger partial charge in [-0.25, -0.2) is 9.97 Å². The number of pyridine rings is 1. The predicted molar refractivity (Wildman–Crippen MR) is 145 cm³/mol. The van der Waals surface area contributed by atoms with E-state index < -0.39 is 0 Å². The van der Waals surface area contributed by atoms with E-state index >= 15 is 0 Å². The molecule has 3 aromatic rings. The van der Waals surface area contributed by atoms with Crippen molar-refractivity contribution in [1.82, 2.24) is 24.8 Å². The van der Waals surface area contributed by atoms with Crippen molar-refractivity contribution in [2.24, 2.45) is 0 Å². The van der Waals surface area contributed by atoms with E-state index in [0.29, 0.717) is 56.7 Å². The number of carbonyl (C=O) groups is 2. The maximum absolute atomic E-state index is 13.2. The molecule has 0 unspecified atom stereocenters. The Bertz CT molecular complexity index is 1350. The molecule has 1 N–H and O–H groups in total. The molecular weight excluding hydrogens is 468 g/mol. The van der Waals surface area contributed by atoms with Crippen molar-refractivity contribution in [3.05, 3.63) is 47.3 Å². The molecule has 0 aliphatic carbocycles. The Labute approximate surface area is 217 Å². The maximum atomic E-state index is 13.2. The van der Waals surface area contributed by atoms with Crippen LogP contribution >= 0.6 is 0 Å². The summed E-state index contributed by atoms with van der Waals surface area (Å²) < 4.78 is 0. The minimum Gasteiger partial charge on any atom is -0.364 e. The Kier molecular flexibility index (Phi) is 6.57. The average molecular weight is 503 g/mol. The molecule has 37 heavy (non-hydrogen) atoms. The summed E-state index contributed by atoms with van der Waals surface area (Å²) >= 11 is 0. The van der Waals surface area contributed by atoms with Gasteiger partial charge in [0.15, 0.2) is 0 Å². The van der Waals surface area contributed by atoms with Gasteiger partial charge in [0.25, 0.3) is 5.91 Å². The topological polar surface area (TPSA) is 97.8 Å². The normalized spacial score (nSPS) is 15.5. The molecule has 2 amide bonds. The smallest absolute Gasteiger partial charge is 0.273 e. The molecule has 1 saturated heterocycles. The van der Waals surface area contributed by atoms with Gasteiger partial charge in [-0.2, -0.15) is 4.98 Å². The fraction of sp³-hybridized carbons (Fsp3) is 0.444. The van der Waals surface area contributed by atoms with Crippen LogP contribution < -0.4 is 15.1 Å². The van der Waals surface area contributed by atoms with Crippen molar-refractivity contribution in [1.29, 1.82) is 0 Å². The number of carbonyl (C=O) groups excluding carboxylic acids is 2. The van der Waals surface area contributed by atoms with E-state index in [1.54, 1.807) is 6.92 Å². The van der Waals surface area contributed by atoms with Crippen molar-refractivity contribution in [3.63, 3.8) is 0 Å². The number of piperazine rings is 1. The number of anilines is 3. The lowest BCUT2D eigenvalue weighted by Crippen LogP contribution is -2.48. The first kappa shape index (κ1) is 24.7. The molecule has 2 aliphatic heterocycles. The predicted octanol–water partition coefficient (Wildman–Crippen LogP) is 2.74. The third-order valence-electron chi connectivity index (χ3n) is 7.05. The number of fused-ring (bicyclic) bond motifs is 2. The Morgan fingerprint density at radius 2 is 1.81 bits per heavy atom. The van der Waals surface area contributed by atoms with E-state index in [0.717, 1.165) is 27.8 Å². The van der Waals surface area contributed by atoms with Gasteiger partial charge < -0.3 is 24.9 Å². The highest BCUT2D eigenvalue weighted by Gasteiger charge is 2.35. The van der Waals surface area contributed by atoms with Crippen LogP contribution in [-0.4, -0.2) is 82.9 Å². The third-order valence-corrected chi connectivity index (χ3v) is 7.05. The van der Waals surface area contributed by atoms with E-state index in [4.69, 9.17) is 15.0 Å². The number of nitrogens with zero attached hydrogens (tertiary/aromatic N) is 7. The lowest BCUT2D eigenvalue weighted by Gasteiger charge is -2.34. The van der Waals surface area contributed by atoms with Gasteiger partial charge in [0.05, 0.1) is 18.8 Å².